The summed E-state index contributed by atoms with van der Waals surface area (Å²) in [6.45, 7) is -0.173. The summed E-state index contributed by atoms with van der Waals surface area (Å²) in [5.41, 5.74) is 3.92. The van der Waals surface area contributed by atoms with Crippen molar-refractivity contribution in [1.29, 1.82) is 0 Å². The summed E-state index contributed by atoms with van der Waals surface area (Å²) in [6, 6.07) is 21.5. The van der Waals surface area contributed by atoms with Gasteiger partial charge in [-0.1, -0.05) is 46.3 Å². The van der Waals surface area contributed by atoms with E-state index in [1.54, 1.807) is 36.4 Å². The van der Waals surface area contributed by atoms with E-state index in [4.69, 9.17) is 14.2 Å². The Balaban J connectivity index is 1.52. The largest absolute Gasteiger partial charge is 0.493 e. The fourth-order valence-corrected chi connectivity index (χ4v) is 2.87. The molecule has 3 aromatic rings. The molecule has 0 saturated heterocycles. The molecule has 0 aliphatic heterocycles. The van der Waals surface area contributed by atoms with E-state index < -0.39 is 11.9 Å². The van der Waals surface area contributed by atoms with Crippen LogP contribution in [0.3, 0.4) is 0 Å². The van der Waals surface area contributed by atoms with Crippen molar-refractivity contribution in [3.05, 3.63) is 94.5 Å². The first-order chi connectivity index (χ1) is 16.0. The van der Waals surface area contributed by atoms with Gasteiger partial charge in [-0.15, -0.1) is 0 Å². The van der Waals surface area contributed by atoms with Gasteiger partial charge in [0, 0.05) is 10.5 Å². The van der Waals surface area contributed by atoms with Gasteiger partial charge >= 0.3 is 5.97 Å². The van der Waals surface area contributed by atoms with Gasteiger partial charge in [0.25, 0.3) is 5.91 Å². The van der Waals surface area contributed by atoms with Crippen LogP contribution in [0.2, 0.25) is 0 Å². The van der Waals surface area contributed by atoms with E-state index in [-0.39, 0.29) is 12.4 Å². The number of hydrazone groups is 1. The second kappa shape index (κ2) is 12.2. The standard InChI is InChI=1S/C25H21BrN2O5/c1-31-23-15-19(16-27-28-24(29)17-32-21-11-9-20(26)10-12-21)7-13-22(23)33-25(30)14-8-18-5-3-2-4-6-18/h2-16H,17H2,1H3,(H,28,29). The second-order valence-electron chi connectivity index (χ2n) is 6.61. The molecule has 0 aliphatic rings. The fraction of sp³-hybridized carbons (Fsp3) is 0.0800. The lowest BCUT2D eigenvalue weighted by molar-refractivity contribution is -0.129. The summed E-state index contributed by atoms with van der Waals surface area (Å²) in [5.74, 6) is 0.258. The molecule has 0 bridgehead atoms. The molecule has 0 radical (unpaired) electrons. The minimum atomic E-state index is -0.531. The van der Waals surface area contributed by atoms with Crippen molar-refractivity contribution in [3.8, 4) is 17.2 Å². The number of amides is 1. The van der Waals surface area contributed by atoms with Gasteiger partial charge in [0.15, 0.2) is 18.1 Å². The fourth-order valence-electron chi connectivity index (χ4n) is 2.61. The quantitative estimate of drug-likeness (QED) is 0.150. The Morgan fingerprint density at radius 1 is 0.970 bits per heavy atom. The number of halogens is 1. The topological polar surface area (TPSA) is 86.2 Å². The van der Waals surface area contributed by atoms with Crippen molar-refractivity contribution >= 4 is 40.1 Å². The second-order valence-corrected chi connectivity index (χ2v) is 7.53. The minimum Gasteiger partial charge on any atom is -0.493 e. The number of esters is 1. The van der Waals surface area contributed by atoms with Crippen LogP contribution in [0.15, 0.2) is 88.4 Å². The van der Waals surface area contributed by atoms with Gasteiger partial charge in [0.2, 0.25) is 0 Å². The zero-order valence-electron chi connectivity index (χ0n) is 17.7. The Kier molecular flexibility index (Phi) is 8.79. The smallest absolute Gasteiger partial charge is 0.336 e. The summed E-state index contributed by atoms with van der Waals surface area (Å²) in [5, 5.41) is 3.91. The number of carbonyl (C=O) groups excluding carboxylic acids is 2. The van der Waals surface area contributed by atoms with Crippen LogP contribution in [0.5, 0.6) is 17.2 Å². The normalized spacial score (nSPS) is 10.8. The lowest BCUT2D eigenvalue weighted by Crippen LogP contribution is -2.24. The SMILES string of the molecule is COc1cc(C=NNC(=O)COc2ccc(Br)cc2)ccc1OC(=O)C=Cc1ccccc1. The first-order valence-electron chi connectivity index (χ1n) is 9.87. The van der Waals surface area contributed by atoms with Crippen LogP contribution >= 0.6 is 15.9 Å². The van der Waals surface area contributed by atoms with E-state index in [0.29, 0.717) is 17.1 Å². The monoisotopic (exact) mass is 508 g/mol. The maximum Gasteiger partial charge on any atom is 0.336 e. The average molecular weight is 509 g/mol. The van der Waals surface area contributed by atoms with Crippen molar-refractivity contribution in [1.82, 2.24) is 5.43 Å². The van der Waals surface area contributed by atoms with Gasteiger partial charge in [0.1, 0.15) is 5.75 Å². The molecule has 0 unspecified atom stereocenters. The van der Waals surface area contributed by atoms with Crippen molar-refractivity contribution in [3.63, 3.8) is 0 Å². The van der Waals surface area contributed by atoms with Crippen molar-refractivity contribution in [2.45, 2.75) is 0 Å². The van der Waals surface area contributed by atoms with Crippen LogP contribution in [-0.2, 0) is 9.59 Å². The molecule has 8 heteroatoms. The Labute approximate surface area is 199 Å². The third kappa shape index (κ3) is 7.93. The predicted molar refractivity (Wildman–Crippen MR) is 129 cm³/mol. The zero-order chi connectivity index (χ0) is 23.5. The first kappa shape index (κ1) is 23.7. The van der Waals surface area contributed by atoms with Crippen LogP contribution < -0.4 is 19.6 Å². The number of nitrogens with one attached hydrogen (secondary N) is 1. The third-order valence-corrected chi connectivity index (χ3v) is 4.72. The van der Waals surface area contributed by atoms with Crippen LogP contribution in [-0.4, -0.2) is 31.8 Å². The highest BCUT2D eigenvalue weighted by Crippen LogP contribution is 2.27. The molecule has 1 N–H and O–H groups in total. The molecule has 0 saturated carbocycles. The van der Waals surface area contributed by atoms with Crippen LogP contribution in [0, 0.1) is 0 Å². The van der Waals surface area contributed by atoms with E-state index in [9.17, 15) is 9.59 Å². The molecule has 3 rings (SSSR count). The minimum absolute atomic E-state index is 0.173. The Bertz CT molecular complexity index is 1150. The number of ether oxygens (including phenoxy) is 3. The lowest BCUT2D eigenvalue weighted by Gasteiger charge is -2.08. The molecule has 0 aromatic heterocycles. The molecular weight excluding hydrogens is 488 g/mol. The van der Waals surface area contributed by atoms with Gasteiger partial charge in [-0.25, -0.2) is 10.2 Å². The Morgan fingerprint density at radius 3 is 2.45 bits per heavy atom. The molecule has 0 heterocycles. The number of nitrogens with zero attached hydrogens (tertiary/aromatic N) is 1. The van der Waals surface area contributed by atoms with Gasteiger partial charge in [-0.05, 0) is 59.7 Å². The molecule has 0 spiro atoms. The van der Waals surface area contributed by atoms with Gasteiger partial charge in [0.05, 0.1) is 13.3 Å². The highest BCUT2D eigenvalue weighted by molar-refractivity contribution is 9.10. The average Bonchev–Trinajstić information content (AvgIpc) is 2.84. The Hall–Kier alpha value is -3.91. The zero-order valence-corrected chi connectivity index (χ0v) is 19.3. The number of rotatable bonds is 9. The van der Waals surface area contributed by atoms with Crippen LogP contribution in [0.25, 0.3) is 6.08 Å². The summed E-state index contributed by atoms with van der Waals surface area (Å²) in [4.78, 5) is 24.0. The molecule has 3 aromatic carbocycles. The summed E-state index contributed by atoms with van der Waals surface area (Å²) >= 11 is 3.33. The molecule has 1 amide bonds. The molecule has 0 atom stereocenters. The number of carbonyl (C=O) groups is 2. The summed E-state index contributed by atoms with van der Waals surface area (Å²) < 4.78 is 17.0. The number of hydrogen-bond donors (Lipinski definition) is 1. The maximum atomic E-state index is 12.1. The molecule has 33 heavy (non-hydrogen) atoms. The van der Waals surface area contributed by atoms with Crippen LogP contribution in [0.4, 0.5) is 0 Å². The van der Waals surface area contributed by atoms with Crippen molar-refractivity contribution in [2.24, 2.45) is 5.10 Å². The summed E-state index contributed by atoms with van der Waals surface area (Å²) in [7, 11) is 1.47. The molecule has 0 fully saturated rings. The molecular formula is C25H21BrN2O5. The van der Waals surface area contributed by atoms with Gasteiger partial charge in [-0.2, -0.15) is 5.10 Å². The summed E-state index contributed by atoms with van der Waals surface area (Å²) in [6.07, 6.45) is 4.45. The highest BCUT2D eigenvalue weighted by atomic mass is 79.9. The molecule has 7 nitrogen and oxygen atoms in total. The van der Waals surface area contributed by atoms with E-state index in [1.807, 2.05) is 42.5 Å². The first-order valence-corrected chi connectivity index (χ1v) is 10.7. The van der Waals surface area contributed by atoms with E-state index in [2.05, 4.69) is 26.5 Å². The van der Waals surface area contributed by atoms with E-state index in [1.165, 1.54) is 19.4 Å². The predicted octanol–water partition coefficient (Wildman–Crippen LogP) is 4.61. The molecule has 0 aliphatic carbocycles. The number of benzene rings is 3. The number of methoxy groups -OCH3 is 1. The Morgan fingerprint density at radius 2 is 1.73 bits per heavy atom. The van der Waals surface area contributed by atoms with Crippen LogP contribution in [0.1, 0.15) is 11.1 Å². The van der Waals surface area contributed by atoms with Crippen molar-refractivity contribution in [2.75, 3.05) is 13.7 Å². The third-order valence-electron chi connectivity index (χ3n) is 4.20. The maximum absolute atomic E-state index is 12.1. The van der Waals surface area contributed by atoms with E-state index >= 15 is 0 Å². The van der Waals surface area contributed by atoms with E-state index in [0.717, 1.165) is 10.0 Å². The highest BCUT2D eigenvalue weighted by Gasteiger charge is 2.09. The number of hydrogen-bond acceptors (Lipinski definition) is 6. The van der Waals surface area contributed by atoms with Crippen molar-refractivity contribution < 1.29 is 23.8 Å². The lowest BCUT2D eigenvalue weighted by atomic mass is 10.2. The van der Waals surface area contributed by atoms with Gasteiger partial charge < -0.3 is 14.2 Å². The molecule has 168 valence electrons. The van der Waals surface area contributed by atoms with Gasteiger partial charge in [-0.3, -0.25) is 4.79 Å².